The first-order valence-electron chi connectivity index (χ1n) is 11.6. The Morgan fingerprint density at radius 1 is 1.12 bits per heavy atom. The number of hydrogen-bond acceptors (Lipinski definition) is 4. The fourth-order valence-corrected chi connectivity index (χ4v) is 4.86. The van der Waals surface area contributed by atoms with Gasteiger partial charge in [0.1, 0.15) is 5.54 Å². The maximum Gasteiger partial charge on any atom is 0.331 e. The minimum absolute atomic E-state index is 0.116. The van der Waals surface area contributed by atoms with Crippen molar-refractivity contribution in [2.24, 2.45) is 0 Å². The van der Waals surface area contributed by atoms with Crippen molar-refractivity contribution >= 4 is 23.8 Å². The highest BCUT2D eigenvalue weighted by Gasteiger charge is 2.57. The van der Waals surface area contributed by atoms with E-state index in [2.05, 4.69) is 5.32 Å². The SMILES string of the molecule is Cc1cccc(C(=O)NCC(=O)N2CCCC3(CC2)C(=O)N(C)C(=O)N3C2=CC=CCC=C2)c1. The molecule has 1 aromatic carbocycles. The molecule has 34 heavy (non-hydrogen) atoms. The van der Waals surface area contributed by atoms with Gasteiger partial charge in [0, 0.05) is 31.4 Å². The zero-order chi connectivity index (χ0) is 24.3. The van der Waals surface area contributed by atoms with E-state index in [1.807, 2.05) is 43.4 Å². The van der Waals surface area contributed by atoms with Crippen molar-refractivity contribution in [3.63, 3.8) is 0 Å². The first-order valence-corrected chi connectivity index (χ1v) is 11.6. The highest BCUT2D eigenvalue weighted by atomic mass is 16.2. The second kappa shape index (κ2) is 9.67. The lowest BCUT2D eigenvalue weighted by Crippen LogP contribution is -2.50. The molecule has 1 N–H and O–H groups in total. The molecule has 1 aromatic rings. The summed E-state index contributed by atoms with van der Waals surface area (Å²) in [6.07, 6.45) is 11.7. The molecule has 2 saturated heterocycles. The van der Waals surface area contributed by atoms with Crippen molar-refractivity contribution in [2.45, 2.75) is 38.1 Å². The Kier molecular flexibility index (Phi) is 6.68. The van der Waals surface area contributed by atoms with Crippen LogP contribution in [0.4, 0.5) is 4.79 Å². The molecule has 8 nitrogen and oxygen atoms in total. The van der Waals surface area contributed by atoms with Crippen LogP contribution in [0.3, 0.4) is 0 Å². The summed E-state index contributed by atoms with van der Waals surface area (Å²) in [5.41, 5.74) is 1.15. The summed E-state index contributed by atoms with van der Waals surface area (Å²) in [5, 5.41) is 2.70. The highest BCUT2D eigenvalue weighted by Crippen LogP contribution is 2.40. The average molecular weight is 463 g/mol. The van der Waals surface area contributed by atoms with Crippen LogP contribution in [0.25, 0.3) is 0 Å². The minimum atomic E-state index is -1.01. The molecule has 0 saturated carbocycles. The lowest BCUT2D eigenvalue weighted by atomic mass is 9.88. The molecular weight excluding hydrogens is 432 g/mol. The van der Waals surface area contributed by atoms with E-state index in [1.165, 1.54) is 11.9 Å². The molecule has 4 rings (SSSR count). The molecule has 178 valence electrons. The number of likely N-dealkylation sites (N-methyl/N-ethyl adjacent to an activating group) is 1. The molecule has 0 aromatic heterocycles. The number of urea groups is 1. The van der Waals surface area contributed by atoms with E-state index in [1.54, 1.807) is 28.0 Å². The van der Waals surface area contributed by atoms with E-state index in [9.17, 15) is 19.2 Å². The first kappa shape index (κ1) is 23.5. The standard InChI is InChI=1S/C26H30N4O4/c1-19-9-7-10-20(17-19)23(32)27-18-22(31)29-15-8-13-26(14-16-29)24(33)28(2)25(34)30(26)21-11-5-3-4-6-12-21/h3,5-7,9-12,17H,4,8,13-16,18H2,1-2H3,(H,27,32). The fraction of sp³-hybridized carbons (Fsp3) is 0.385. The minimum Gasteiger partial charge on any atom is -0.343 e. The Morgan fingerprint density at radius 2 is 1.94 bits per heavy atom. The predicted molar refractivity (Wildman–Crippen MR) is 128 cm³/mol. The second-order valence-electron chi connectivity index (χ2n) is 8.96. The lowest BCUT2D eigenvalue weighted by Gasteiger charge is -2.35. The molecule has 0 radical (unpaired) electrons. The smallest absolute Gasteiger partial charge is 0.331 e. The third-order valence-corrected chi connectivity index (χ3v) is 6.68. The summed E-state index contributed by atoms with van der Waals surface area (Å²) in [6, 6.07) is 6.85. The van der Waals surface area contributed by atoms with Gasteiger partial charge in [-0.1, -0.05) is 35.9 Å². The van der Waals surface area contributed by atoms with E-state index >= 15 is 0 Å². The van der Waals surface area contributed by atoms with Gasteiger partial charge in [0.2, 0.25) is 5.91 Å². The van der Waals surface area contributed by atoms with Crippen LogP contribution in [0, 0.1) is 6.92 Å². The number of hydrogen-bond donors (Lipinski definition) is 1. The normalized spacial score (nSPS) is 22.6. The largest absolute Gasteiger partial charge is 0.343 e. The van der Waals surface area contributed by atoms with Crippen LogP contribution >= 0.6 is 0 Å². The van der Waals surface area contributed by atoms with Crippen molar-refractivity contribution in [1.29, 1.82) is 0 Å². The highest BCUT2D eigenvalue weighted by molar-refractivity contribution is 6.08. The van der Waals surface area contributed by atoms with Crippen molar-refractivity contribution in [1.82, 2.24) is 20.0 Å². The number of rotatable bonds is 4. The van der Waals surface area contributed by atoms with Gasteiger partial charge in [-0.25, -0.2) is 4.79 Å². The Labute approximate surface area is 199 Å². The third kappa shape index (κ3) is 4.40. The van der Waals surface area contributed by atoms with Gasteiger partial charge in [0.25, 0.3) is 11.8 Å². The molecule has 5 amide bonds. The Hall–Kier alpha value is -3.68. The Morgan fingerprint density at radius 3 is 2.74 bits per heavy atom. The molecule has 2 aliphatic heterocycles. The molecule has 1 atom stereocenters. The van der Waals surface area contributed by atoms with Crippen LogP contribution in [0.1, 0.15) is 41.6 Å². The van der Waals surface area contributed by atoms with Crippen LogP contribution in [0.5, 0.6) is 0 Å². The van der Waals surface area contributed by atoms with E-state index in [0.29, 0.717) is 43.6 Å². The second-order valence-corrected chi connectivity index (χ2v) is 8.96. The zero-order valence-electron chi connectivity index (χ0n) is 19.6. The summed E-state index contributed by atoms with van der Waals surface area (Å²) in [6.45, 7) is 2.58. The van der Waals surface area contributed by atoms with Crippen molar-refractivity contribution in [3.8, 4) is 0 Å². The number of imide groups is 1. The molecule has 1 unspecified atom stereocenters. The van der Waals surface area contributed by atoms with Gasteiger partial charge < -0.3 is 10.2 Å². The summed E-state index contributed by atoms with van der Waals surface area (Å²) in [5.74, 6) is -0.735. The van der Waals surface area contributed by atoms with E-state index in [4.69, 9.17) is 0 Å². The van der Waals surface area contributed by atoms with Crippen LogP contribution in [-0.4, -0.2) is 70.7 Å². The molecule has 8 heteroatoms. The van der Waals surface area contributed by atoms with Gasteiger partial charge in [-0.2, -0.15) is 0 Å². The summed E-state index contributed by atoms with van der Waals surface area (Å²) in [4.78, 5) is 56.2. The molecule has 1 aliphatic carbocycles. The van der Waals surface area contributed by atoms with Gasteiger partial charge in [0.05, 0.1) is 6.54 Å². The van der Waals surface area contributed by atoms with Crippen LogP contribution in [0.2, 0.25) is 0 Å². The van der Waals surface area contributed by atoms with Crippen molar-refractivity contribution in [3.05, 3.63) is 71.5 Å². The topological polar surface area (TPSA) is 90.0 Å². The molecule has 3 aliphatic rings. The van der Waals surface area contributed by atoms with E-state index < -0.39 is 5.54 Å². The summed E-state index contributed by atoms with van der Waals surface area (Å²) in [7, 11) is 1.51. The Balaban J connectivity index is 1.46. The van der Waals surface area contributed by atoms with Crippen LogP contribution in [0.15, 0.2) is 60.3 Å². The van der Waals surface area contributed by atoms with E-state index in [-0.39, 0.29) is 30.3 Å². The van der Waals surface area contributed by atoms with Crippen LogP contribution < -0.4 is 5.32 Å². The number of amides is 5. The zero-order valence-corrected chi connectivity index (χ0v) is 19.6. The Bertz CT molecular complexity index is 1110. The summed E-state index contributed by atoms with van der Waals surface area (Å²) >= 11 is 0. The molecular formula is C26H30N4O4. The average Bonchev–Trinajstić information content (AvgIpc) is 3.14. The number of carbonyl (C=O) groups excluding carboxylic acids is 4. The molecule has 2 heterocycles. The van der Waals surface area contributed by atoms with Gasteiger partial charge in [-0.15, -0.1) is 0 Å². The van der Waals surface area contributed by atoms with Crippen molar-refractivity contribution < 1.29 is 19.2 Å². The van der Waals surface area contributed by atoms with Gasteiger partial charge in [0.15, 0.2) is 0 Å². The third-order valence-electron chi connectivity index (χ3n) is 6.68. The predicted octanol–water partition coefficient (Wildman–Crippen LogP) is 2.77. The van der Waals surface area contributed by atoms with Crippen molar-refractivity contribution in [2.75, 3.05) is 26.7 Å². The lowest BCUT2D eigenvalue weighted by molar-refractivity contribution is -0.133. The number of carbonyl (C=O) groups is 4. The van der Waals surface area contributed by atoms with Crippen LogP contribution in [-0.2, 0) is 9.59 Å². The summed E-state index contributed by atoms with van der Waals surface area (Å²) < 4.78 is 0. The maximum atomic E-state index is 13.3. The monoisotopic (exact) mass is 462 g/mol. The van der Waals surface area contributed by atoms with E-state index in [0.717, 1.165) is 12.0 Å². The number of likely N-dealkylation sites (tertiary alicyclic amines) is 1. The van der Waals surface area contributed by atoms with Gasteiger partial charge >= 0.3 is 6.03 Å². The number of benzene rings is 1. The molecule has 1 spiro atoms. The number of nitrogens with one attached hydrogen (secondary N) is 1. The molecule has 0 bridgehead atoms. The fourth-order valence-electron chi connectivity index (χ4n) is 4.86. The quantitative estimate of drug-likeness (QED) is 0.697. The van der Waals surface area contributed by atoms with Gasteiger partial charge in [-0.3, -0.25) is 24.2 Å². The number of nitrogens with zero attached hydrogens (tertiary/aromatic N) is 3. The number of allylic oxidation sites excluding steroid dienone is 5. The number of aryl methyl sites for hydroxylation is 1. The first-order chi connectivity index (χ1) is 16.3. The molecule has 2 fully saturated rings. The maximum absolute atomic E-state index is 13.3. The van der Waals surface area contributed by atoms with Gasteiger partial charge in [-0.05, 0) is 56.9 Å².